The first-order valence-electron chi connectivity index (χ1n) is 9.07. The lowest BCUT2D eigenvalue weighted by atomic mass is 10.1. The Bertz CT molecular complexity index is 512. The molecule has 0 saturated carbocycles. The van der Waals surface area contributed by atoms with Gasteiger partial charge in [0.15, 0.2) is 6.29 Å². The summed E-state index contributed by atoms with van der Waals surface area (Å²) in [5, 5.41) is 0. The van der Waals surface area contributed by atoms with Gasteiger partial charge >= 0.3 is 0 Å². The fourth-order valence-corrected chi connectivity index (χ4v) is 3.59. The molecule has 4 nitrogen and oxygen atoms in total. The Labute approximate surface area is 153 Å². The van der Waals surface area contributed by atoms with Gasteiger partial charge in [-0.15, -0.1) is 0 Å². The number of ether oxygens (including phenoxy) is 4. The normalized spacial score (nSPS) is 24.7. The summed E-state index contributed by atoms with van der Waals surface area (Å²) in [5.74, 6) is 0. The number of rotatable bonds is 9. The molecule has 1 aromatic carbocycles. The maximum Gasteiger partial charge on any atom is 0.183 e. The summed E-state index contributed by atoms with van der Waals surface area (Å²) < 4.78 is 23.2. The molecule has 0 aliphatic carbocycles. The maximum atomic E-state index is 6.00. The van der Waals surface area contributed by atoms with Crippen molar-refractivity contribution in [1.29, 1.82) is 0 Å². The van der Waals surface area contributed by atoms with E-state index in [1.165, 1.54) is 5.56 Å². The highest BCUT2D eigenvalue weighted by atomic mass is 28.3. The van der Waals surface area contributed by atoms with Crippen LogP contribution in [-0.4, -0.2) is 46.9 Å². The molecule has 2 rings (SSSR count). The van der Waals surface area contributed by atoms with Crippen molar-refractivity contribution < 1.29 is 18.9 Å². The Morgan fingerprint density at radius 1 is 1.16 bits per heavy atom. The van der Waals surface area contributed by atoms with Crippen LogP contribution < -0.4 is 0 Å². The van der Waals surface area contributed by atoms with E-state index in [2.05, 4.69) is 43.5 Å². The molecular formula is C20H32O4Si. The van der Waals surface area contributed by atoms with Crippen molar-refractivity contribution >= 4 is 8.07 Å². The summed E-state index contributed by atoms with van der Waals surface area (Å²) in [7, 11) is 0.510. The molecule has 0 bridgehead atoms. The molecule has 25 heavy (non-hydrogen) atoms. The minimum Gasteiger partial charge on any atom is -0.374 e. The maximum absolute atomic E-state index is 6.00. The highest BCUT2D eigenvalue weighted by molar-refractivity contribution is 6.80. The van der Waals surface area contributed by atoms with E-state index < -0.39 is 8.07 Å². The topological polar surface area (TPSA) is 36.9 Å². The minimum absolute atomic E-state index is 0.0124. The Hall–Kier alpha value is -0.983. The second-order valence-corrected chi connectivity index (χ2v) is 12.6. The Morgan fingerprint density at radius 2 is 1.92 bits per heavy atom. The molecule has 3 atom stereocenters. The van der Waals surface area contributed by atoms with E-state index >= 15 is 0 Å². The predicted molar refractivity (Wildman–Crippen MR) is 103 cm³/mol. The second-order valence-electron chi connectivity index (χ2n) is 7.58. The van der Waals surface area contributed by atoms with Gasteiger partial charge in [-0.3, -0.25) is 0 Å². The molecule has 0 amide bonds. The van der Waals surface area contributed by atoms with Gasteiger partial charge in [0.25, 0.3) is 0 Å². The molecule has 0 N–H and O–H groups in total. The summed E-state index contributed by atoms with van der Waals surface area (Å²) >= 11 is 0. The average molecular weight is 365 g/mol. The molecule has 5 heteroatoms. The van der Waals surface area contributed by atoms with E-state index in [0.717, 1.165) is 12.8 Å². The molecule has 0 unspecified atom stereocenters. The van der Waals surface area contributed by atoms with Crippen LogP contribution in [0.2, 0.25) is 19.6 Å². The van der Waals surface area contributed by atoms with Gasteiger partial charge in [-0.25, -0.2) is 0 Å². The van der Waals surface area contributed by atoms with Crippen LogP contribution in [0.1, 0.15) is 18.4 Å². The van der Waals surface area contributed by atoms with E-state index in [9.17, 15) is 0 Å². The van der Waals surface area contributed by atoms with Crippen LogP contribution >= 0.6 is 0 Å². The zero-order valence-corrected chi connectivity index (χ0v) is 16.9. The first-order valence-corrected chi connectivity index (χ1v) is 12.6. The second kappa shape index (κ2) is 10.2. The molecule has 140 valence electrons. The summed E-state index contributed by atoms with van der Waals surface area (Å²) in [6.45, 7) is 8.74. The predicted octanol–water partition coefficient (Wildman–Crippen LogP) is 4.17. The molecule has 0 aromatic heterocycles. The number of hydrogen-bond donors (Lipinski definition) is 0. The monoisotopic (exact) mass is 364 g/mol. The van der Waals surface area contributed by atoms with Crippen LogP contribution in [-0.2, 0) is 25.6 Å². The zero-order valence-electron chi connectivity index (χ0n) is 15.9. The van der Waals surface area contributed by atoms with Crippen molar-refractivity contribution in [2.24, 2.45) is 0 Å². The SMILES string of the molecule is CO[C@H]1O[C@H](COCc2ccccc2)CC[C@H]1OC/C=C\[Si](C)(C)C. The summed E-state index contributed by atoms with van der Waals surface area (Å²) in [4.78, 5) is 0. The van der Waals surface area contributed by atoms with Crippen molar-refractivity contribution in [2.75, 3.05) is 20.3 Å². The lowest BCUT2D eigenvalue weighted by molar-refractivity contribution is -0.246. The van der Waals surface area contributed by atoms with E-state index in [1.54, 1.807) is 7.11 Å². The van der Waals surface area contributed by atoms with Crippen LogP contribution in [0.3, 0.4) is 0 Å². The largest absolute Gasteiger partial charge is 0.374 e. The number of hydrogen-bond acceptors (Lipinski definition) is 4. The Morgan fingerprint density at radius 3 is 2.60 bits per heavy atom. The Kier molecular flexibility index (Phi) is 8.32. The summed E-state index contributed by atoms with van der Waals surface area (Å²) in [6, 6.07) is 10.2. The zero-order chi connectivity index (χ0) is 18.1. The van der Waals surface area contributed by atoms with Crippen molar-refractivity contribution in [1.82, 2.24) is 0 Å². The van der Waals surface area contributed by atoms with Crippen molar-refractivity contribution in [2.45, 2.75) is 57.6 Å². The fraction of sp³-hybridized carbons (Fsp3) is 0.600. The van der Waals surface area contributed by atoms with Gasteiger partial charge in [0.1, 0.15) is 6.10 Å². The smallest absolute Gasteiger partial charge is 0.183 e. The third-order valence-electron chi connectivity index (χ3n) is 4.08. The quantitative estimate of drug-likeness (QED) is 0.616. The van der Waals surface area contributed by atoms with E-state index in [0.29, 0.717) is 19.8 Å². The highest BCUT2D eigenvalue weighted by Gasteiger charge is 2.32. The van der Waals surface area contributed by atoms with Crippen LogP contribution in [0.5, 0.6) is 0 Å². The molecule has 0 spiro atoms. The third kappa shape index (κ3) is 7.84. The summed E-state index contributed by atoms with van der Waals surface area (Å²) in [5.41, 5.74) is 3.48. The first kappa shape index (κ1) is 20.3. The van der Waals surface area contributed by atoms with Crippen LogP contribution in [0.4, 0.5) is 0 Å². The third-order valence-corrected chi connectivity index (χ3v) is 5.31. The molecule has 1 fully saturated rings. The van der Waals surface area contributed by atoms with Gasteiger partial charge in [0.2, 0.25) is 0 Å². The molecule has 1 aliphatic rings. The van der Waals surface area contributed by atoms with Gasteiger partial charge in [-0.05, 0) is 18.4 Å². The molecular weight excluding hydrogens is 332 g/mol. The molecule has 1 aliphatic heterocycles. The molecule has 0 radical (unpaired) electrons. The van der Waals surface area contributed by atoms with E-state index in [1.807, 2.05) is 18.2 Å². The standard InChI is InChI=1S/C20H32O4Si/c1-21-20-19(23-13-8-14-25(2,3)4)12-11-18(24-20)16-22-15-17-9-6-5-7-10-17/h5-10,14,18-20H,11-13,15-16H2,1-4H3/b14-8-/t18-,19+,20-/m0/s1. The van der Waals surface area contributed by atoms with E-state index in [4.69, 9.17) is 18.9 Å². The van der Waals surface area contributed by atoms with Crippen LogP contribution in [0, 0.1) is 0 Å². The van der Waals surface area contributed by atoms with E-state index in [-0.39, 0.29) is 18.5 Å². The van der Waals surface area contributed by atoms with Gasteiger partial charge < -0.3 is 18.9 Å². The molecule has 1 aromatic rings. The first-order chi connectivity index (χ1) is 12.0. The van der Waals surface area contributed by atoms with Gasteiger partial charge in [0.05, 0.1) is 34.0 Å². The van der Waals surface area contributed by atoms with Crippen molar-refractivity contribution in [3.8, 4) is 0 Å². The summed E-state index contributed by atoms with van der Waals surface area (Å²) in [6.07, 6.45) is 3.72. The van der Waals surface area contributed by atoms with Crippen molar-refractivity contribution in [3.63, 3.8) is 0 Å². The van der Waals surface area contributed by atoms with Gasteiger partial charge in [-0.2, -0.15) is 0 Å². The lowest BCUT2D eigenvalue weighted by Crippen LogP contribution is -2.43. The van der Waals surface area contributed by atoms with Crippen molar-refractivity contribution in [3.05, 3.63) is 47.7 Å². The number of benzene rings is 1. The Balaban J connectivity index is 1.70. The number of methoxy groups -OCH3 is 1. The molecule has 1 saturated heterocycles. The average Bonchev–Trinajstić information content (AvgIpc) is 2.59. The van der Waals surface area contributed by atoms with Gasteiger partial charge in [0, 0.05) is 7.11 Å². The van der Waals surface area contributed by atoms with Crippen LogP contribution in [0.25, 0.3) is 0 Å². The van der Waals surface area contributed by atoms with Crippen LogP contribution in [0.15, 0.2) is 42.1 Å². The molecule has 1 heterocycles. The van der Waals surface area contributed by atoms with Gasteiger partial charge in [-0.1, -0.05) is 61.7 Å². The highest BCUT2D eigenvalue weighted by Crippen LogP contribution is 2.23. The lowest BCUT2D eigenvalue weighted by Gasteiger charge is -2.35. The minimum atomic E-state index is -1.16. The fourth-order valence-electron chi connectivity index (χ4n) is 2.79.